The molecule has 0 bridgehead atoms. The third-order valence-corrected chi connectivity index (χ3v) is 12.1. The van der Waals surface area contributed by atoms with Gasteiger partial charge in [-0.2, -0.15) is 0 Å². The molecule has 4 aliphatic carbocycles. The molecule has 5 aliphatic rings. The molecule has 4 fully saturated rings. The summed E-state index contributed by atoms with van der Waals surface area (Å²) in [5, 5.41) is 2.96. The summed E-state index contributed by atoms with van der Waals surface area (Å²) in [6, 6.07) is 0. The van der Waals surface area contributed by atoms with Crippen LogP contribution in [0.4, 0.5) is 0 Å². The van der Waals surface area contributed by atoms with E-state index in [9.17, 15) is 9.59 Å². The highest BCUT2D eigenvalue weighted by Gasteiger charge is 2.68. The first-order chi connectivity index (χ1) is 17.9. The van der Waals surface area contributed by atoms with Gasteiger partial charge in [-0.05, 0) is 85.4 Å². The summed E-state index contributed by atoms with van der Waals surface area (Å²) in [4.78, 5) is 22.9. The molecule has 3 saturated carbocycles. The van der Waals surface area contributed by atoms with Gasteiger partial charge in [0, 0.05) is 46.3 Å². The second-order valence-electron chi connectivity index (χ2n) is 14.1. The molecule has 0 radical (unpaired) electrons. The standard InChI is InChI=1S/C32H51NO5/c1-19(18-33-21(3)34)10-15-32(36-7)20(2)29-28(38-32)17-27-25-9-8-23-16-24(37-22(4)35)11-13-30(23,5)26(25)12-14-31(27,29)6/h8,19-20,24-29H,9-18H2,1-7H3,(H,33,34)/t19?,20?,24-,25?,26?,27?,28?,29?,30+,31+,32?/m1/s1. The highest BCUT2D eigenvalue weighted by molar-refractivity contribution is 5.72. The fourth-order valence-electron chi connectivity index (χ4n) is 10.1. The summed E-state index contributed by atoms with van der Waals surface area (Å²) in [5.41, 5.74) is 2.07. The van der Waals surface area contributed by atoms with Crippen molar-refractivity contribution in [1.29, 1.82) is 0 Å². The Hall–Kier alpha value is -1.40. The van der Waals surface area contributed by atoms with Crippen LogP contribution in [0.25, 0.3) is 0 Å². The molecule has 1 heterocycles. The van der Waals surface area contributed by atoms with Crippen molar-refractivity contribution in [2.24, 2.45) is 46.3 Å². The van der Waals surface area contributed by atoms with E-state index >= 15 is 0 Å². The second-order valence-corrected chi connectivity index (χ2v) is 14.1. The van der Waals surface area contributed by atoms with Crippen molar-refractivity contribution < 1.29 is 23.8 Å². The largest absolute Gasteiger partial charge is 0.462 e. The third-order valence-electron chi connectivity index (χ3n) is 12.1. The molecule has 1 amide bonds. The average molecular weight is 530 g/mol. The Balaban J connectivity index is 1.30. The minimum atomic E-state index is -0.522. The molecule has 5 rings (SSSR count). The van der Waals surface area contributed by atoms with Gasteiger partial charge in [-0.15, -0.1) is 0 Å². The Bertz CT molecular complexity index is 963. The fourth-order valence-corrected chi connectivity index (χ4v) is 10.1. The smallest absolute Gasteiger partial charge is 0.302 e. The van der Waals surface area contributed by atoms with E-state index in [4.69, 9.17) is 14.2 Å². The third kappa shape index (κ3) is 4.56. The number of carbonyl (C=O) groups excluding carboxylic acids is 2. The van der Waals surface area contributed by atoms with Crippen LogP contribution in [0.15, 0.2) is 11.6 Å². The lowest BCUT2D eigenvalue weighted by atomic mass is 9.47. The lowest BCUT2D eigenvalue weighted by Gasteiger charge is -2.58. The predicted octanol–water partition coefficient (Wildman–Crippen LogP) is 6.04. The quantitative estimate of drug-likeness (QED) is 0.322. The van der Waals surface area contributed by atoms with E-state index in [0.717, 1.165) is 50.9 Å². The van der Waals surface area contributed by atoms with E-state index in [-0.39, 0.29) is 34.9 Å². The maximum Gasteiger partial charge on any atom is 0.302 e. The molecule has 1 saturated heterocycles. The average Bonchev–Trinajstić information content (AvgIpc) is 3.31. The molecular weight excluding hydrogens is 478 g/mol. The Morgan fingerprint density at radius 2 is 1.95 bits per heavy atom. The van der Waals surface area contributed by atoms with Crippen LogP contribution in [0.5, 0.6) is 0 Å². The number of rotatable bonds is 7. The van der Waals surface area contributed by atoms with Crippen LogP contribution >= 0.6 is 0 Å². The van der Waals surface area contributed by atoms with Crippen LogP contribution in [0.2, 0.25) is 0 Å². The number of esters is 1. The van der Waals surface area contributed by atoms with Gasteiger partial charge in [-0.1, -0.05) is 39.3 Å². The van der Waals surface area contributed by atoms with Crippen molar-refractivity contribution in [1.82, 2.24) is 5.32 Å². The lowest BCUT2D eigenvalue weighted by Crippen LogP contribution is -2.52. The van der Waals surface area contributed by atoms with E-state index in [1.54, 1.807) is 12.5 Å². The number of carbonyl (C=O) groups is 2. The Morgan fingerprint density at radius 1 is 1.18 bits per heavy atom. The zero-order valence-electron chi connectivity index (χ0n) is 24.8. The summed E-state index contributed by atoms with van der Waals surface area (Å²) in [5.74, 6) is 2.74. The molecular formula is C32H51NO5. The summed E-state index contributed by atoms with van der Waals surface area (Å²) < 4.78 is 18.8. The number of methoxy groups -OCH3 is 1. The van der Waals surface area contributed by atoms with Gasteiger partial charge >= 0.3 is 5.97 Å². The summed E-state index contributed by atoms with van der Waals surface area (Å²) >= 11 is 0. The molecule has 1 aliphatic heterocycles. The molecule has 0 aromatic heterocycles. The van der Waals surface area contributed by atoms with Crippen LogP contribution in [-0.2, 0) is 23.8 Å². The molecule has 1 N–H and O–H groups in total. The van der Waals surface area contributed by atoms with E-state index in [1.807, 2.05) is 7.11 Å². The van der Waals surface area contributed by atoms with Crippen molar-refractivity contribution in [2.45, 2.75) is 117 Å². The Labute approximate surface area is 230 Å². The van der Waals surface area contributed by atoms with Crippen LogP contribution in [0, 0.1) is 46.3 Å². The SMILES string of the molecule is COC1(CCC(C)CNC(C)=O)OC2CC3C4CC=C5C[C@H](OC(C)=O)CC[C@]5(C)C4CC[C@]3(C)C2C1C. The molecule has 0 spiro atoms. The number of hydrogen-bond acceptors (Lipinski definition) is 5. The number of nitrogens with one attached hydrogen (secondary N) is 1. The second kappa shape index (κ2) is 10.2. The molecule has 214 valence electrons. The molecule has 11 atom stereocenters. The van der Waals surface area contributed by atoms with Crippen molar-refractivity contribution in [2.75, 3.05) is 13.7 Å². The molecule has 0 aromatic carbocycles. The van der Waals surface area contributed by atoms with Gasteiger partial charge in [0.25, 0.3) is 0 Å². The van der Waals surface area contributed by atoms with Gasteiger partial charge in [0.05, 0.1) is 6.10 Å². The van der Waals surface area contributed by atoms with Crippen LogP contribution in [0.3, 0.4) is 0 Å². The summed E-state index contributed by atoms with van der Waals surface area (Å²) in [7, 11) is 1.83. The molecule has 38 heavy (non-hydrogen) atoms. The normalized spacial score (nSPS) is 46.2. The lowest BCUT2D eigenvalue weighted by molar-refractivity contribution is -0.238. The van der Waals surface area contributed by atoms with Crippen LogP contribution in [-0.4, -0.2) is 43.5 Å². The highest BCUT2D eigenvalue weighted by Crippen LogP contribution is 2.70. The maximum absolute atomic E-state index is 11.6. The Morgan fingerprint density at radius 3 is 2.63 bits per heavy atom. The van der Waals surface area contributed by atoms with Crippen molar-refractivity contribution in [3.05, 3.63) is 11.6 Å². The van der Waals surface area contributed by atoms with Crippen molar-refractivity contribution in [3.63, 3.8) is 0 Å². The Kier molecular flexibility index (Phi) is 7.56. The van der Waals surface area contributed by atoms with Gasteiger partial charge < -0.3 is 19.5 Å². The van der Waals surface area contributed by atoms with Gasteiger partial charge in [0.1, 0.15) is 6.10 Å². The number of ether oxygens (including phenoxy) is 3. The zero-order chi connectivity index (χ0) is 27.5. The summed E-state index contributed by atoms with van der Waals surface area (Å²) in [6.07, 6.45) is 12.6. The number of amides is 1. The van der Waals surface area contributed by atoms with Gasteiger partial charge in [-0.3, -0.25) is 9.59 Å². The first-order valence-corrected chi connectivity index (χ1v) is 15.3. The first-order valence-electron chi connectivity index (χ1n) is 15.3. The summed E-state index contributed by atoms with van der Waals surface area (Å²) in [6.45, 7) is 13.5. The van der Waals surface area contributed by atoms with E-state index in [0.29, 0.717) is 36.1 Å². The maximum atomic E-state index is 11.6. The highest BCUT2D eigenvalue weighted by atomic mass is 16.7. The molecule has 0 aromatic rings. The fraction of sp³-hybridized carbons (Fsp3) is 0.875. The monoisotopic (exact) mass is 529 g/mol. The van der Waals surface area contributed by atoms with Crippen LogP contribution in [0.1, 0.15) is 99.3 Å². The van der Waals surface area contributed by atoms with Gasteiger partial charge in [-0.25, -0.2) is 0 Å². The number of hydrogen-bond donors (Lipinski definition) is 1. The molecule has 6 heteroatoms. The number of allylic oxidation sites excluding steroid dienone is 1. The van der Waals surface area contributed by atoms with Crippen LogP contribution < -0.4 is 5.32 Å². The number of fused-ring (bicyclic) bond motifs is 7. The van der Waals surface area contributed by atoms with E-state index in [1.165, 1.54) is 19.8 Å². The van der Waals surface area contributed by atoms with Crippen molar-refractivity contribution >= 4 is 11.9 Å². The molecule has 8 unspecified atom stereocenters. The van der Waals surface area contributed by atoms with Gasteiger partial charge in [0.2, 0.25) is 5.91 Å². The van der Waals surface area contributed by atoms with E-state index in [2.05, 4.69) is 39.1 Å². The zero-order valence-corrected chi connectivity index (χ0v) is 24.8. The van der Waals surface area contributed by atoms with E-state index < -0.39 is 5.79 Å². The van der Waals surface area contributed by atoms with Crippen molar-refractivity contribution in [3.8, 4) is 0 Å². The minimum absolute atomic E-state index is 0.0314. The van der Waals surface area contributed by atoms with Gasteiger partial charge in [0.15, 0.2) is 5.79 Å². The predicted molar refractivity (Wildman–Crippen MR) is 147 cm³/mol. The first kappa shape index (κ1) is 28.1. The molecule has 6 nitrogen and oxygen atoms in total. The minimum Gasteiger partial charge on any atom is -0.462 e. The topological polar surface area (TPSA) is 73.9 Å².